The van der Waals surface area contributed by atoms with Gasteiger partial charge in [-0.25, -0.2) is 0 Å². The smallest absolute Gasteiger partial charge is 0.0703 e. The fourth-order valence-electron chi connectivity index (χ4n) is 2.20. The first-order valence-corrected chi connectivity index (χ1v) is 5.36. The molecule has 0 aromatic rings. The summed E-state index contributed by atoms with van der Waals surface area (Å²) in [6, 6.07) is 0. The van der Waals surface area contributed by atoms with Gasteiger partial charge in [-0.15, -0.1) is 5.92 Å². The Morgan fingerprint density at radius 2 is 1.85 bits per heavy atom. The molecule has 2 atom stereocenters. The zero-order valence-electron chi connectivity index (χ0n) is 8.71. The molecule has 1 rings (SSSR count). The van der Waals surface area contributed by atoms with Gasteiger partial charge in [-0.2, -0.15) is 0 Å². The Morgan fingerprint density at radius 3 is 2.38 bits per heavy atom. The monoisotopic (exact) mass is 180 g/mol. The van der Waals surface area contributed by atoms with Gasteiger partial charge in [-0.1, -0.05) is 25.2 Å². The van der Waals surface area contributed by atoms with Crippen LogP contribution in [0, 0.1) is 23.7 Å². The summed E-state index contributed by atoms with van der Waals surface area (Å²) in [4.78, 5) is 0. The molecule has 0 saturated heterocycles. The van der Waals surface area contributed by atoms with Gasteiger partial charge in [0.2, 0.25) is 0 Å². The molecule has 0 aromatic carbocycles. The van der Waals surface area contributed by atoms with E-state index >= 15 is 0 Å². The highest BCUT2D eigenvalue weighted by molar-refractivity contribution is 5.02. The van der Waals surface area contributed by atoms with Crippen molar-refractivity contribution in [2.75, 3.05) is 0 Å². The minimum Gasteiger partial charge on any atom is -0.392 e. The van der Waals surface area contributed by atoms with Crippen molar-refractivity contribution in [3.8, 4) is 11.8 Å². The summed E-state index contributed by atoms with van der Waals surface area (Å²) in [6.07, 6.45) is 6.10. The largest absolute Gasteiger partial charge is 0.392 e. The number of aliphatic hydroxyl groups is 1. The predicted octanol–water partition coefficient (Wildman–Crippen LogP) is 2.59. The van der Waals surface area contributed by atoms with E-state index in [0.717, 1.165) is 0 Å². The number of hydrogen-bond donors (Lipinski definition) is 1. The SMILES string of the molecule is CC#C[C@@H](C)[C@@H](O)C1CCCCC1. The predicted molar refractivity (Wildman–Crippen MR) is 55.2 cm³/mol. The molecule has 0 heterocycles. The van der Waals surface area contributed by atoms with E-state index in [1.807, 2.05) is 13.8 Å². The molecule has 1 aliphatic rings. The zero-order valence-corrected chi connectivity index (χ0v) is 8.71. The maximum Gasteiger partial charge on any atom is 0.0703 e. The molecule has 13 heavy (non-hydrogen) atoms. The Hall–Kier alpha value is -0.480. The third kappa shape index (κ3) is 3.04. The minimum absolute atomic E-state index is 0.146. The summed E-state index contributed by atoms with van der Waals surface area (Å²) < 4.78 is 0. The molecule has 1 nitrogen and oxygen atoms in total. The lowest BCUT2D eigenvalue weighted by Crippen LogP contribution is -2.28. The Bertz CT molecular complexity index is 193. The van der Waals surface area contributed by atoms with Crippen molar-refractivity contribution in [3.63, 3.8) is 0 Å². The fourth-order valence-corrected chi connectivity index (χ4v) is 2.20. The molecule has 0 bridgehead atoms. The van der Waals surface area contributed by atoms with Gasteiger partial charge in [0, 0.05) is 5.92 Å². The first kappa shape index (κ1) is 10.6. The van der Waals surface area contributed by atoms with E-state index in [4.69, 9.17) is 0 Å². The summed E-state index contributed by atoms with van der Waals surface area (Å²) in [5, 5.41) is 9.97. The number of rotatable bonds is 2. The second-order valence-electron chi connectivity index (χ2n) is 4.07. The van der Waals surface area contributed by atoms with E-state index in [-0.39, 0.29) is 12.0 Å². The average Bonchev–Trinajstić information content (AvgIpc) is 2.18. The Morgan fingerprint density at radius 1 is 1.23 bits per heavy atom. The highest BCUT2D eigenvalue weighted by Gasteiger charge is 2.24. The van der Waals surface area contributed by atoms with Crippen molar-refractivity contribution in [2.24, 2.45) is 11.8 Å². The molecule has 0 spiro atoms. The molecule has 0 aromatic heterocycles. The fraction of sp³-hybridized carbons (Fsp3) is 0.833. The molecule has 1 fully saturated rings. The Balaban J connectivity index is 2.43. The van der Waals surface area contributed by atoms with Crippen LogP contribution in [0.2, 0.25) is 0 Å². The summed E-state index contributed by atoms with van der Waals surface area (Å²) in [7, 11) is 0. The molecule has 0 radical (unpaired) electrons. The first-order valence-electron chi connectivity index (χ1n) is 5.36. The molecule has 74 valence electrons. The van der Waals surface area contributed by atoms with Gasteiger partial charge in [0.05, 0.1) is 6.10 Å². The standard InChI is InChI=1S/C12H20O/c1-3-7-10(2)12(13)11-8-5-4-6-9-11/h10-13H,4-6,8-9H2,1-2H3/t10-,12-/m1/s1. The van der Waals surface area contributed by atoms with Gasteiger partial charge in [0.25, 0.3) is 0 Å². The number of hydrogen-bond acceptors (Lipinski definition) is 1. The van der Waals surface area contributed by atoms with Crippen LogP contribution in [0.25, 0.3) is 0 Å². The van der Waals surface area contributed by atoms with Crippen molar-refractivity contribution in [1.82, 2.24) is 0 Å². The quantitative estimate of drug-likeness (QED) is 0.648. The molecular formula is C12H20O. The van der Waals surface area contributed by atoms with Crippen molar-refractivity contribution in [2.45, 2.75) is 52.1 Å². The molecule has 0 amide bonds. The van der Waals surface area contributed by atoms with Crippen LogP contribution < -0.4 is 0 Å². The van der Waals surface area contributed by atoms with Crippen LogP contribution in [0.5, 0.6) is 0 Å². The second kappa shape index (κ2) is 5.29. The van der Waals surface area contributed by atoms with E-state index < -0.39 is 0 Å². The van der Waals surface area contributed by atoms with Gasteiger partial charge >= 0.3 is 0 Å². The van der Waals surface area contributed by atoms with E-state index in [1.54, 1.807) is 0 Å². The van der Waals surface area contributed by atoms with Crippen LogP contribution >= 0.6 is 0 Å². The lowest BCUT2D eigenvalue weighted by atomic mass is 9.81. The lowest BCUT2D eigenvalue weighted by molar-refractivity contribution is 0.0586. The number of aliphatic hydroxyl groups excluding tert-OH is 1. The first-order chi connectivity index (χ1) is 6.25. The van der Waals surface area contributed by atoms with Crippen molar-refractivity contribution in [1.29, 1.82) is 0 Å². The van der Waals surface area contributed by atoms with Crippen molar-refractivity contribution >= 4 is 0 Å². The molecule has 1 heteroatoms. The van der Waals surface area contributed by atoms with E-state index in [0.29, 0.717) is 5.92 Å². The van der Waals surface area contributed by atoms with Crippen LogP contribution in [0.1, 0.15) is 46.0 Å². The zero-order chi connectivity index (χ0) is 9.68. The minimum atomic E-state index is -0.201. The van der Waals surface area contributed by atoms with Crippen LogP contribution in [-0.2, 0) is 0 Å². The topological polar surface area (TPSA) is 20.2 Å². The van der Waals surface area contributed by atoms with Crippen LogP contribution in [0.15, 0.2) is 0 Å². The molecule has 1 N–H and O–H groups in total. The molecule has 1 aliphatic carbocycles. The van der Waals surface area contributed by atoms with Crippen LogP contribution in [0.4, 0.5) is 0 Å². The van der Waals surface area contributed by atoms with Crippen LogP contribution in [0.3, 0.4) is 0 Å². The van der Waals surface area contributed by atoms with Gasteiger partial charge < -0.3 is 5.11 Å². The summed E-state index contributed by atoms with van der Waals surface area (Å²) >= 11 is 0. The molecular weight excluding hydrogens is 160 g/mol. The normalized spacial score (nSPS) is 23.0. The van der Waals surface area contributed by atoms with E-state index in [1.165, 1.54) is 32.1 Å². The highest BCUT2D eigenvalue weighted by atomic mass is 16.3. The molecule has 0 aliphatic heterocycles. The second-order valence-corrected chi connectivity index (χ2v) is 4.07. The summed E-state index contributed by atoms with van der Waals surface area (Å²) in [5.41, 5.74) is 0. The van der Waals surface area contributed by atoms with Gasteiger partial charge in [0.15, 0.2) is 0 Å². The third-order valence-corrected chi connectivity index (χ3v) is 3.02. The molecule has 0 unspecified atom stereocenters. The third-order valence-electron chi connectivity index (χ3n) is 3.02. The maximum absolute atomic E-state index is 9.97. The maximum atomic E-state index is 9.97. The Labute approximate surface area is 81.5 Å². The average molecular weight is 180 g/mol. The van der Waals surface area contributed by atoms with Crippen molar-refractivity contribution in [3.05, 3.63) is 0 Å². The van der Waals surface area contributed by atoms with Gasteiger partial charge in [0.1, 0.15) is 0 Å². The Kier molecular flexibility index (Phi) is 4.32. The van der Waals surface area contributed by atoms with E-state index in [2.05, 4.69) is 11.8 Å². The summed E-state index contributed by atoms with van der Waals surface area (Å²) in [5.74, 6) is 6.57. The highest BCUT2D eigenvalue weighted by Crippen LogP contribution is 2.29. The van der Waals surface area contributed by atoms with Crippen molar-refractivity contribution < 1.29 is 5.11 Å². The lowest BCUT2D eigenvalue weighted by Gasteiger charge is -2.28. The van der Waals surface area contributed by atoms with Gasteiger partial charge in [-0.3, -0.25) is 0 Å². The summed E-state index contributed by atoms with van der Waals surface area (Å²) in [6.45, 7) is 3.86. The molecule has 1 saturated carbocycles. The van der Waals surface area contributed by atoms with E-state index in [9.17, 15) is 5.11 Å². The van der Waals surface area contributed by atoms with Gasteiger partial charge in [-0.05, 0) is 32.6 Å². The van der Waals surface area contributed by atoms with Crippen LogP contribution in [-0.4, -0.2) is 11.2 Å².